The number of carboxylic acid groups (broad SMARTS) is 1. The first-order valence-electron chi connectivity index (χ1n) is 11.9. The largest absolute Gasteiger partial charge is 0.497 e. The van der Waals surface area contributed by atoms with E-state index in [1.807, 2.05) is 35.2 Å². The molecule has 2 aliphatic rings. The van der Waals surface area contributed by atoms with Gasteiger partial charge in [-0.15, -0.1) is 0 Å². The maximum absolute atomic E-state index is 12.7. The number of methoxy groups -OCH3 is 1. The van der Waals surface area contributed by atoms with Crippen LogP contribution in [0.5, 0.6) is 11.5 Å². The Bertz CT molecular complexity index is 1150. The van der Waals surface area contributed by atoms with E-state index in [-0.39, 0.29) is 37.9 Å². The Labute approximate surface area is 209 Å². The quantitative estimate of drug-likeness (QED) is 0.435. The minimum absolute atomic E-state index is 0.0653. The summed E-state index contributed by atoms with van der Waals surface area (Å²) in [5.74, 6) is 0.741. The third-order valence-electron chi connectivity index (χ3n) is 6.07. The van der Waals surface area contributed by atoms with Crippen molar-refractivity contribution in [3.05, 3.63) is 53.6 Å². The third-order valence-corrected chi connectivity index (χ3v) is 6.07. The van der Waals surface area contributed by atoms with E-state index in [9.17, 15) is 19.5 Å². The summed E-state index contributed by atoms with van der Waals surface area (Å²) in [6.07, 6.45) is 2.45. The van der Waals surface area contributed by atoms with Crippen LogP contribution < -0.4 is 14.8 Å². The Balaban J connectivity index is 1.22. The molecule has 2 aromatic rings. The van der Waals surface area contributed by atoms with Gasteiger partial charge in [0, 0.05) is 18.5 Å². The average molecular weight is 495 g/mol. The van der Waals surface area contributed by atoms with Gasteiger partial charge in [0.15, 0.2) is 0 Å². The van der Waals surface area contributed by atoms with Gasteiger partial charge in [-0.2, -0.15) is 0 Å². The number of fused-ring (bicyclic) bond motifs is 2. The Morgan fingerprint density at radius 2 is 1.92 bits per heavy atom. The first-order valence-corrected chi connectivity index (χ1v) is 11.9. The van der Waals surface area contributed by atoms with Gasteiger partial charge in [-0.25, -0.2) is 4.99 Å². The number of nitrogens with one attached hydrogen (secondary N) is 1. The van der Waals surface area contributed by atoms with Crippen molar-refractivity contribution < 1.29 is 29.0 Å². The van der Waals surface area contributed by atoms with Gasteiger partial charge in [-0.3, -0.25) is 19.7 Å². The molecule has 2 N–H and O–H groups in total. The van der Waals surface area contributed by atoms with Crippen LogP contribution in [0, 0.1) is 0 Å². The number of carbonyl (C=O) groups excluding carboxylic acids is 2. The van der Waals surface area contributed by atoms with E-state index in [0.29, 0.717) is 31.3 Å². The standard InChI is InChI=1S/C26H30N4O6/c1-35-19-11-9-18(10-12-19)14-29(17-25(33)34)24(32)8-3-2-4-13-36-22-7-5-6-21-20(22)15-30-16-23(31)28-26(30)27-21/h5-7,9-12H,2-4,8,13-17H2,1H3,(H,33,34)(H,27,28,31). The number of ether oxygens (including phenoxy) is 2. The maximum atomic E-state index is 12.7. The van der Waals surface area contributed by atoms with Gasteiger partial charge in [-0.1, -0.05) is 18.2 Å². The molecule has 2 aliphatic heterocycles. The second-order valence-electron chi connectivity index (χ2n) is 8.74. The van der Waals surface area contributed by atoms with E-state index in [1.54, 1.807) is 19.2 Å². The van der Waals surface area contributed by atoms with Crippen LogP contribution in [0.3, 0.4) is 0 Å². The Morgan fingerprint density at radius 3 is 2.67 bits per heavy atom. The highest BCUT2D eigenvalue weighted by Crippen LogP contribution is 2.34. The van der Waals surface area contributed by atoms with Crippen molar-refractivity contribution in [2.45, 2.75) is 38.8 Å². The molecule has 0 aliphatic carbocycles. The van der Waals surface area contributed by atoms with Crippen LogP contribution in [0.15, 0.2) is 47.5 Å². The van der Waals surface area contributed by atoms with Gasteiger partial charge in [0.25, 0.3) is 0 Å². The number of unbranched alkanes of at least 4 members (excludes halogenated alkanes) is 2. The lowest BCUT2D eigenvalue weighted by Crippen LogP contribution is -2.35. The SMILES string of the molecule is COc1ccc(CN(CC(=O)O)C(=O)CCCCCOc2cccc3c2CN2CC(=O)NC2=N3)cc1. The van der Waals surface area contributed by atoms with Gasteiger partial charge in [0.05, 0.1) is 25.9 Å². The molecule has 10 nitrogen and oxygen atoms in total. The molecule has 1 saturated heterocycles. The van der Waals surface area contributed by atoms with Gasteiger partial charge < -0.3 is 24.4 Å². The molecule has 0 unspecified atom stereocenters. The molecule has 10 heteroatoms. The number of nitrogens with zero attached hydrogens (tertiary/aromatic N) is 3. The summed E-state index contributed by atoms with van der Waals surface area (Å²) in [6.45, 7) is 1.24. The fourth-order valence-electron chi connectivity index (χ4n) is 4.22. The summed E-state index contributed by atoms with van der Waals surface area (Å²) in [5.41, 5.74) is 2.59. The van der Waals surface area contributed by atoms with Crippen LogP contribution in [0.25, 0.3) is 0 Å². The molecular weight excluding hydrogens is 464 g/mol. The summed E-state index contributed by atoms with van der Waals surface area (Å²) in [7, 11) is 1.58. The second-order valence-corrected chi connectivity index (χ2v) is 8.74. The first-order chi connectivity index (χ1) is 17.4. The zero-order chi connectivity index (χ0) is 25.5. The highest BCUT2D eigenvalue weighted by Gasteiger charge is 2.30. The number of hydrogen-bond donors (Lipinski definition) is 2. The zero-order valence-electron chi connectivity index (χ0n) is 20.2. The lowest BCUT2D eigenvalue weighted by atomic mass is 10.1. The summed E-state index contributed by atoms with van der Waals surface area (Å²) in [6, 6.07) is 12.9. The number of hydrogen-bond acceptors (Lipinski definition) is 7. The van der Waals surface area contributed by atoms with Crippen LogP contribution >= 0.6 is 0 Å². The molecule has 1 fully saturated rings. The van der Waals surface area contributed by atoms with Crippen molar-refractivity contribution in [1.29, 1.82) is 0 Å². The van der Waals surface area contributed by atoms with E-state index in [2.05, 4.69) is 10.3 Å². The van der Waals surface area contributed by atoms with Crippen LogP contribution in [0.4, 0.5) is 5.69 Å². The number of rotatable bonds is 12. The van der Waals surface area contributed by atoms with Gasteiger partial charge in [0.2, 0.25) is 17.8 Å². The number of aliphatic imine (C=N–C) groups is 1. The van der Waals surface area contributed by atoms with Gasteiger partial charge in [-0.05, 0) is 49.1 Å². The van der Waals surface area contributed by atoms with E-state index in [1.165, 1.54) is 4.90 Å². The molecule has 0 aromatic heterocycles. The fraction of sp³-hybridized carbons (Fsp3) is 0.385. The van der Waals surface area contributed by atoms with Crippen molar-refractivity contribution in [2.75, 3.05) is 26.8 Å². The first kappa shape index (κ1) is 25.0. The molecule has 0 radical (unpaired) electrons. The smallest absolute Gasteiger partial charge is 0.323 e. The van der Waals surface area contributed by atoms with Gasteiger partial charge in [0.1, 0.15) is 24.6 Å². The molecule has 2 heterocycles. The van der Waals surface area contributed by atoms with E-state index in [4.69, 9.17) is 9.47 Å². The Morgan fingerprint density at radius 1 is 1.11 bits per heavy atom. The second kappa shape index (κ2) is 11.6. The zero-order valence-corrected chi connectivity index (χ0v) is 20.2. The number of carboxylic acids is 1. The van der Waals surface area contributed by atoms with Crippen LogP contribution in [-0.2, 0) is 27.5 Å². The van der Waals surface area contributed by atoms with Crippen LogP contribution in [-0.4, -0.2) is 65.5 Å². The normalized spacial score (nSPS) is 13.9. The lowest BCUT2D eigenvalue weighted by molar-refractivity contribution is -0.145. The maximum Gasteiger partial charge on any atom is 0.323 e. The molecule has 36 heavy (non-hydrogen) atoms. The molecule has 2 aromatic carbocycles. The molecular formula is C26H30N4O6. The van der Waals surface area contributed by atoms with Gasteiger partial charge >= 0.3 is 5.97 Å². The van der Waals surface area contributed by atoms with Crippen molar-refractivity contribution in [1.82, 2.24) is 15.1 Å². The highest BCUT2D eigenvalue weighted by atomic mass is 16.5. The minimum Gasteiger partial charge on any atom is -0.497 e. The minimum atomic E-state index is -1.04. The summed E-state index contributed by atoms with van der Waals surface area (Å²) in [5, 5.41) is 12.0. The van der Waals surface area contributed by atoms with E-state index < -0.39 is 5.97 Å². The van der Waals surface area contributed by atoms with Crippen molar-refractivity contribution in [3.63, 3.8) is 0 Å². The van der Waals surface area contributed by atoms with Crippen molar-refractivity contribution in [3.8, 4) is 11.5 Å². The molecule has 0 bridgehead atoms. The Kier molecular flexibility index (Phi) is 8.04. The molecule has 4 rings (SSSR count). The van der Waals surface area contributed by atoms with Crippen molar-refractivity contribution >= 4 is 29.4 Å². The predicted molar refractivity (Wildman–Crippen MR) is 132 cm³/mol. The molecule has 0 atom stereocenters. The van der Waals surface area contributed by atoms with E-state index >= 15 is 0 Å². The number of benzene rings is 2. The molecule has 0 spiro atoms. The highest BCUT2D eigenvalue weighted by molar-refractivity contribution is 6.05. The monoisotopic (exact) mass is 494 g/mol. The number of guanidine groups is 1. The molecule has 0 saturated carbocycles. The lowest BCUT2D eigenvalue weighted by Gasteiger charge is -2.24. The molecule has 2 amide bonds. The fourth-order valence-corrected chi connectivity index (χ4v) is 4.22. The van der Waals surface area contributed by atoms with Crippen molar-refractivity contribution in [2.24, 2.45) is 4.99 Å². The number of aliphatic carboxylic acids is 1. The predicted octanol–water partition coefficient (Wildman–Crippen LogP) is 2.68. The molecule has 190 valence electrons. The summed E-state index contributed by atoms with van der Waals surface area (Å²) in [4.78, 5) is 43.4. The van der Waals surface area contributed by atoms with Crippen LogP contribution in [0.1, 0.15) is 36.8 Å². The third kappa shape index (κ3) is 6.32. The summed E-state index contributed by atoms with van der Waals surface area (Å²) >= 11 is 0. The Hall–Kier alpha value is -4.08. The van der Waals surface area contributed by atoms with E-state index in [0.717, 1.165) is 35.4 Å². The number of carbonyl (C=O) groups is 3. The summed E-state index contributed by atoms with van der Waals surface area (Å²) < 4.78 is 11.1. The topological polar surface area (TPSA) is 121 Å². The average Bonchev–Trinajstić information content (AvgIpc) is 3.23. The van der Waals surface area contributed by atoms with Crippen LogP contribution in [0.2, 0.25) is 0 Å². The number of amides is 2.